The van der Waals surface area contributed by atoms with Crippen LogP contribution in [0.15, 0.2) is 24.0 Å². The van der Waals surface area contributed by atoms with Gasteiger partial charge in [0.1, 0.15) is 11.5 Å². The fraction of sp³-hybridized carbons (Fsp3) is 0.708. The monoisotopic (exact) mass is 402 g/mol. The second-order valence-corrected chi connectivity index (χ2v) is 10.0. The van der Waals surface area contributed by atoms with E-state index in [4.69, 9.17) is 9.47 Å². The molecule has 0 aromatic heterocycles. The predicted molar refractivity (Wildman–Crippen MR) is 110 cm³/mol. The van der Waals surface area contributed by atoms with E-state index < -0.39 is 5.41 Å². The number of hydrogen-bond donors (Lipinski definition) is 0. The number of allylic oxidation sites excluding steroid dienone is 3. The van der Waals surface area contributed by atoms with Crippen LogP contribution in [0.2, 0.25) is 0 Å². The summed E-state index contributed by atoms with van der Waals surface area (Å²) in [4.78, 5) is 36.5. The lowest BCUT2D eigenvalue weighted by atomic mass is 9.60. The van der Waals surface area contributed by atoms with Gasteiger partial charge in [0.05, 0.1) is 6.61 Å². The van der Waals surface area contributed by atoms with E-state index in [1.165, 1.54) is 13.8 Å². The van der Waals surface area contributed by atoms with E-state index >= 15 is 0 Å². The quantitative estimate of drug-likeness (QED) is 0.507. The van der Waals surface area contributed by atoms with E-state index in [-0.39, 0.29) is 53.4 Å². The Kier molecular flexibility index (Phi) is 5.81. The number of esters is 2. The molecular formula is C24H34O5. The first kappa shape index (κ1) is 21.8. The highest BCUT2D eigenvalue weighted by Gasteiger charge is 2.61. The lowest BCUT2D eigenvalue weighted by molar-refractivity contribution is -0.144. The number of rotatable bonds is 4. The third-order valence-corrected chi connectivity index (χ3v) is 7.62. The van der Waals surface area contributed by atoms with Gasteiger partial charge < -0.3 is 9.47 Å². The molecule has 2 fully saturated rings. The van der Waals surface area contributed by atoms with Crippen LogP contribution in [0.4, 0.5) is 0 Å². The molecule has 2 saturated carbocycles. The highest BCUT2D eigenvalue weighted by molar-refractivity contribution is 5.89. The molecule has 160 valence electrons. The smallest absolute Gasteiger partial charge is 0.307 e. The zero-order valence-electron chi connectivity index (χ0n) is 18.4. The van der Waals surface area contributed by atoms with Crippen LogP contribution < -0.4 is 0 Å². The Morgan fingerprint density at radius 3 is 2.48 bits per heavy atom. The van der Waals surface area contributed by atoms with Gasteiger partial charge in [0, 0.05) is 38.0 Å². The molecule has 0 radical (unpaired) electrons. The fourth-order valence-electron chi connectivity index (χ4n) is 6.17. The molecule has 29 heavy (non-hydrogen) atoms. The van der Waals surface area contributed by atoms with Crippen molar-refractivity contribution in [2.45, 2.75) is 66.7 Å². The highest BCUT2D eigenvalue weighted by Crippen LogP contribution is 2.62. The van der Waals surface area contributed by atoms with E-state index in [0.717, 1.165) is 24.8 Å². The molecule has 3 rings (SSSR count). The van der Waals surface area contributed by atoms with Gasteiger partial charge in [0.25, 0.3) is 0 Å². The average Bonchev–Trinajstić information content (AvgIpc) is 3.09. The highest BCUT2D eigenvalue weighted by atomic mass is 16.5. The molecule has 3 aliphatic carbocycles. The van der Waals surface area contributed by atoms with Crippen molar-refractivity contribution >= 4 is 17.7 Å². The topological polar surface area (TPSA) is 69.7 Å². The minimum Gasteiger partial charge on any atom is -0.466 e. The maximum absolute atomic E-state index is 13.5. The summed E-state index contributed by atoms with van der Waals surface area (Å²) < 4.78 is 10.7. The van der Waals surface area contributed by atoms with E-state index in [2.05, 4.69) is 27.4 Å². The normalized spacial score (nSPS) is 36.2. The van der Waals surface area contributed by atoms with Crippen molar-refractivity contribution in [3.05, 3.63) is 24.0 Å². The molecule has 0 aromatic rings. The molecule has 0 unspecified atom stereocenters. The van der Waals surface area contributed by atoms with Crippen LogP contribution in [-0.4, -0.2) is 24.3 Å². The van der Waals surface area contributed by atoms with Crippen LogP contribution >= 0.6 is 0 Å². The van der Waals surface area contributed by atoms with Gasteiger partial charge in [-0.25, -0.2) is 0 Å². The molecule has 0 spiro atoms. The minimum absolute atomic E-state index is 0.0734. The van der Waals surface area contributed by atoms with Crippen LogP contribution in [-0.2, 0) is 23.9 Å². The Balaban J connectivity index is 2.01. The molecule has 5 nitrogen and oxygen atoms in total. The maximum Gasteiger partial charge on any atom is 0.307 e. The number of hydrogen-bond acceptors (Lipinski definition) is 5. The first-order chi connectivity index (χ1) is 13.5. The molecule has 0 saturated heterocycles. The van der Waals surface area contributed by atoms with Crippen molar-refractivity contribution < 1.29 is 23.9 Å². The van der Waals surface area contributed by atoms with Crippen molar-refractivity contribution in [3.63, 3.8) is 0 Å². The van der Waals surface area contributed by atoms with Crippen LogP contribution in [0.5, 0.6) is 0 Å². The molecule has 0 aromatic carbocycles. The van der Waals surface area contributed by atoms with Gasteiger partial charge in [-0.05, 0) is 48.5 Å². The summed E-state index contributed by atoms with van der Waals surface area (Å²) in [6, 6.07) is 0. The van der Waals surface area contributed by atoms with Crippen LogP contribution in [0.1, 0.15) is 66.7 Å². The van der Waals surface area contributed by atoms with Crippen molar-refractivity contribution in [1.82, 2.24) is 0 Å². The molecule has 0 amide bonds. The van der Waals surface area contributed by atoms with Crippen LogP contribution in [0, 0.1) is 34.5 Å². The van der Waals surface area contributed by atoms with Gasteiger partial charge in [0.15, 0.2) is 0 Å². The predicted octanol–water partition coefficient (Wildman–Crippen LogP) is 4.61. The molecule has 0 heterocycles. The summed E-state index contributed by atoms with van der Waals surface area (Å²) in [7, 11) is 0. The first-order valence-electron chi connectivity index (χ1n) is 10.7. The molecule has 5 heteroatoms. The molecule has 5 atom stereocenters. The van der Waals surface area contributed by atoms with E-state index in [9.17, 15) is 14.4 Å². The zero-order valence-corrected chi connectivity index (χ0v) is 18.4. The van der Waals surface area contributed by atoms with E-state index in [0.29, 0.717) is 18.6 Å². The third kappa shape index (κ3) is 3.93. The Hall–Kier alpha value is -1.91. The summed E-state index contributed by atoms with van der Waals surface area (Å²) in [6.07, 6.45) is 6.12. The lowest BCUT2D eigenvalue weighted by Gasteiger charge is -2.42. The average molecular weight is 403 g/mol. The zero-order chi connectivity index (χ0) is 21.6. The van der Waals surface area contributed by atoms with Crippen molar-refractivity contribution in [2.75, 3.05) is 6.61 Å². The SMILES string of the molecule is C=C1CCCC(C)(C)[C@@H]2CC(=O)[C@@](C)([C@@H]3C=C(OC(C)=O)C[C@H]3COC(C)=O)[C@H]12. The summed E-state index contributed by atoms with van der Waals surface area (Å²) in [5.41, 5.74) is 0.606. The fourth-order valence-corrected chi connectivity index (χ4v) is 6.17. The summed E-state index contributed by atoms with van der Waals surface area (Å²) in [5, 5.41) is 0. The maximum atomic E-state index is 13.5. The molecule has 3 aliphatic rings. The van der Waals surface area contributed by atoms with E-state index in [1.54, 1.807) is 0 Å². The summed E-state index contributed by atoms with van der Waals surface area (Å²) in [6.45, 7) is 14.0. The standard InChI is InChI=1S/C24H34O5/c1-14-8-7-9-23(4,5)20-12-21(27)24(6,22(14)20)19-11-18(29-16(3)26)10-17(19)13-28-15(2)25/h11,17,19-20,22H,1,7-10,12-13H2,2-6H3/t17-,19+,20+,22+,24+/m0/s1. The molecule has 0 bridgehead atoms. The Labute approximate surface area is 173 Å². The number of Topliss-reactive ketones (excluding diaryl/α,β-unsaturated/α-hetero) is 1. The van der Waals surface area contributed by atoms with Gasteiger partial charge in [0.2, 0.25) is 0 Å². The van der Waals surface area contributed by atoms with Crippen molar-refractivity contribution in [3.8, 4) is 0 Å². The molecular weight excluding hydrogens is 368 g/mol. The number of carbonyl (C=O) groups is 3. The lowest BCUT2D eigenvalue weighted by Crippen LogP contribution is -2.42. The van der Waals surface area contributed by atoms with E-state index in [1.807, 2.05) is 6.08 Å². The number of ether oxygens (including phenoxy) is 2. The van der Waals surface area contributed by atoms with Crippen LogP contribution in [0.25, 0.3) is 0 Å². The molecule has 0 N–H and O–H groups in total. The van der Waals surface area contributed by atoms with Crippen molar-refractivity contribution in [2.24, 2.45) is 34.5 Å². The van der Waals surface area contributed by atoms with Gasteiger partial charge in [-0.3, -0.25) is 14.4 Å². The third-order valence-electron chi connectivity index (χ3n) is 7.62. The first-order valence-corrected chi connectivity index (χ1v) is 10.7. The summed E-state index contributed by atoms with van der Waals surface area (Å²) in [5.74, 6) is 0.233. The Morgan fingerprint density at radius 1 is 1.17 bits per heavy atom. The van der Waals surface area contributed by atoms with Gasteiger partial charge >= 0.3 is 11.9 Å². The van der Waals surface area contributed by atoms with Crippen LogP contribution in [0.3, 0.4) is 0 Å². The second-order valence-electron chi connectivity index (χ2n) is 10.0. The summed E-state index contributed by atoms with van der Waals surface area (Å²) >= 11 is 0. The number of ketones is 1. The Morgan fingerprint density at radius 2 is 1.86 bits per heavy atom. The van der Waals surface area contributed by atoms with Gasteiger partial charge in [-0.1, -0.05) is 32.9 Å². The minimum atomic E-state index is -0.629. The number of fused-ring (bicyclic) bond motifs is 1. The van der Waals surface area contributed by atoms with Gasteiger partial charge in [-0.2, -0.15) is 0 Å². The van der Waals surface area contributed by atoms with Gasteiger partial charge in [-0.15, -0.1) is 0 Å². The number of carbonyl (C=O) groups excluding carboxylic acids is 3. The second kappa shape index (κ2) is 7.73. The largest absolute Gasteiger partial charge is 0.466 e. The van der Waals surface area contributed by atoms with Crippen molar-refractivity contribution in [1.29, 1.82) is 0 Å². The molecule has 0 aliphatic heterocycles. The Bertz CT molecular complexity index is 761.